The van der Waals surface area contributed by atoms with Crippen molar-refractivity contribution in [1.29, 1.82) is 0 Å². The van der Waals surface area contributed by atoms with Gasteiger partial charge in [0.2, 0.25) is 0 Å². The van der Waals surface area contributed by atoms with E-state index in [4.69, 9.17) is 5.11 Å². The molecule has 1 atom stereocenters. The lowest BCUT2D eigenvalue weighted by Crippen LogP contribution is -2.01. The standard InChI is InChI=1S/C8H7F2IO/c1-4(12)7-5(9)2-3-6(11)8(7)10/h2-4,12H,1H3. The molecule has 66 valence electrons. The van der Waals surface area contributed by atoms with Crippen molar-refractivity contribution >= 4 is 22.6 Å². The van der Waals surface area contributed by atoms with E-state index in [0.717, 1.165) is 6.07 Å². The van der Waals surface area contributed by atoms with Gasteiger partial charge in [-0.3, -0.25) is 0 Å². The minimum absolute atomic E-state index is 0.262. The Labute approximate surface area is 82.5 Å². The average molecular weight is 284 g/mol. The van der Waals surface area contributed by atoms with Crippen LogP contribution in [-0.2, 0) is 0 Å². The molecule has 1 aromatic rings. The highest BCUT2D eigenvalue weighted by molar-refractivity contribution is 14.1. The summed E-state index contributed by atoms with van der Waals surface area (Å²) in [7, 11) is 0. The van der Waals surface area contributed by atoms with Gasteiger partial charge < -0.3 is 5.11 Å². The first-order chi connectivity index (χ1) is 5.54. The number of hydrogen-bond donors (Lipinski definition) is 1. The Kier molecular flexibility index (Phi) is 3.00. The van der Waals surface area contributed by atoms with E-state index in [-0.39, 0.29) is 5.56 Å². The van der Waals surface area contributed by atoms with Crippen LogP contribution in [0.25, 0.3) is 0 Å². The van der Waals surface area contributed by atoms with E-state index in [1.165, 1.54) is 13.0 Å². The summed E-state index contributed by atoms with van der Waals surface area (Å²) in [5, 5.41) is 9.03. The van der Waals surface area contributed by atoms with Crippen molar-refractivity contribution in [2.45, 2.75) is 13.0 Å². The maximum atomic E-state index is 13.1. The van der Waals surface area contributed by atoms with E-state index in [9.17, 15) is 8.78 Å². The fourth-order valence-electron chi connectivity index (χ4n) is 0.926. The van der Waals surface area contributed by atoms with Crippen LogP contribution in [0.15, 0.2) is 12.1 Å². The summed E-state index contributed by atoms with van der Waals surface area (Å²) in [4.78, 5) is 0. The second-order valence-electron chi connectivity index (χ2n) is 2.43. The van der Waals surface area contributed by atoms with Crippen LogP contribution < -0.4 is 0 Å². The molecule has 0 aliphatic carbocycles. The summed E-state index contributed by atoms with van der Waals surface area (Å²) in [6.45, 7) is 1.33. The van der Waals surface area contributed by atoms with Crippen molar-refractivity contribution in [2.75, 3.05) is 0 Å². The average Bonchev–Trinajstić information content (AvgIpc) is 1.97. The summed E-state index contributed by atoms with van der Waals surface area (Å²) >= 11 is 1.75. The SMILES string of the molecule is CC(O)c1c(F)ccc(I)c1F. The van der Waals surface area contributed by atoms with Gasteiger partial charge >= 0.3 is 0 Å². The van der Waals surface area contributed by atoms with Crippen molar-refractivity contribution in [3.8, 4) is 0 Å². The number of aliphatic hydroxyl groups excluding tert-OH is 1. The predicted molar refractivity (Wildman–Crippen MR) is 49.7 cm³/mol. The molecule has 1 rings (SSSR count). The number of rotatable bonds is 1. The zero-order valence-corrected chi connectivity index (χ0v) is 8.47. The summed E-state index contributed by atoms with van der Waals surface area (Å²) in [6, 6.07) is 2.48. The zero-order chi connectivity index (χ0) is 9.30. The Balaban J connectivity index is 3.33. The maximum Gasteiger partial charge on any atom is 0.145 e. The highest BCUT2D eigenvalue weighted by Gasteiger charge is 2.15. The van der Waals surface area contributed by atoms with E-state index in [1.54, 1.807) is 22.6 Å². The van der Waals surface area contributed by atoms with Crippen LogP contribution in [0.5, 0.6) is 0 Å². The third kappa shape index (κ3) is 1.74. The van der Waals surface area contributed by atoms with Gasteiger partial charge in [0.15, 0.2) is 0 Å². The highest BCUT2D eigenvalue weighted by atomic mass is 127. The lowest BCUT2D eigenvalue weighted by molar-refractivity contribution is 0.188. The minimum atomic E-state index is -1.11. The van der Waals surface area contributed by atoms with Crippen LogP contribution in [0.1, 0.15) is 18.6 Å². The van der Waals surface area contributed by atoms with Gasteiger partial charge in [0.25, 0.3) is 0 Å². The van der Waals surface area contributed by atoms with Gasteiger partial charge in [0, 0.05) is 3.57 Å². The van der Waals surface area contributed by atoms with Crippen LogP contribution in [0.2, 0.25) is 0 Å². The Morgan fingerprint density at radius 2 is 2.00 bits per heavy atom. The van der Waals surface area contributed by atoms with Crippen molar-refractivity contribution in [1.82, 2.24) is 0 Å². The van der Waals surface area contributed by atoms with Crippen LogP contribution in [0.3, 0.4) is 0 Å². The molecule has 0 amide bonds. The van der Waals surface area contributed by atoms with Gasteiger partial charge in [-0.1, -0.05) is 0 Å². The predicted octanol–water partition coefficient (Wildman–Crippen LogP) is 2.62. The molecular formula is C8H7F2IO. The van der Waals surface area contributed by atoms with E-state index in [2.05, 4.69) is 0 Å². The molecule has 0 saturated heterocycles. The van der Waals surface area contributed by atoms with Gasteiger partial charge in [-0.25, -0.2) is 8.78 Å². The van der Waals surface area contributed by atoms with Crippen molar-refractivity contribution in [3.05, 3.63) is 32.9 Å². The van der Waals surface area contributed by atoms with Crippen LogP contribution >= 0.6 is 22.6 Å². The van der Waals surface area contributed by atoms with Crippen molar-refractivity contribution in [2.24, 2.45) is 0 Å². The largest absolute Gasteiger partial charge is 0.388 e. The number of halogens is 3. The monoisotopic (exact) mass is 284 g/mol. The molecule has 1 unspecified atom stereocenters. The molecule has 1 nitrogen and oxygen atoms in total. The Bertz CT molecular complexity index is 299. The molecule has 4 heteroatoms. The van der Waals surface area contributed by atoms with Gasteiger partial charge in [-0.15, -0.1) is 0 Å². The number of hydrogen-bond acceptors (Lipinski definition) is 1. The van der Waals surface area contributed by atoms with E-state index >= 15 is 0 Å². The molecule has 0 heterocycles. The Morgan fingerprint density at radius 3 is 2.42 bits per heavy atom. The molecule has 1 N–H and O–H groups in total. The quantitative estimate of drug-likeness (QED) is 0.621. The van der Waals surface area contributed by atoms with Gasteiger partial charge in [-0.05, 0) is 41.6 Å². The summed E-state index contributed by atoms with van der Waals surface area (Å²) < 4.78 is 26.3. The lowest BCUT2D eigenvalue weighted by atomic mass is 10.1. The Morgan fingerprint density at radius 1 is 1.42 bits per heavy atom. The molecule has 0 fully saturated rings. The van der Waals surface area contributed by atoms with Crippen LogP contribution in [0.4, 0.5) is 8.78 Å². The van der Waals surface area contributed by atoms with Gasteiger partial charge in [-0.2, -0.15) is 0 Å². The first-order valence-corrected chi connectivity index (χ1v) is 4.43. The van der Waals surface area contributed by atoms with Crippen LogP contribution in [0, 0.1) is 15.2 Å². The lowest BCUT2D eigenvalue weighted by Gasteiger charge is -2.08. The van der Waals surface area contributed by atoms with E-state index in [0.29, 0.717) is 3.57 Å². The molecule has 0 spiro atoms. The van der Waals surface area contributed by atoms with Crippen molar-refractivity contribution < 1.29 is 13.9 Å². The third-order valence-corrected chi connectivity index (χ3v) is 2.33. The fraction of sp³-hybridized carbons (Fsp3) is 0.250. The number of aliphatic hydroxyl groups is 1. The molecule has 0 aliphatic rings. The highest BCUT2D eigenvalue weighted by Crippen LogP contribution is 2.23. The first-order valence-electron chi connectivity index (χ1n) is 3.35. The summed E-state index contributed by atoms with van der Waals surface area (Å²) in [5.74, 6) is -1.38. The molecule has 0 aromatic heterocycles. The molecule has 12 heavy (non-hydrogen) atoms. The molecule has 0 saturated carbocycles. The molecule has 0 radical (unpaired) electrons. The molecule has 0 bridgehead atoms. The fourth-order valence-corrected chi connectivity index (χ4v) is 1.40. The van der Waals surface area contributed by atoms with E-state index < -0.39 is 17.7 Å². The van der Waals surface area contributed by atoms with Crippen LogP contribution in [-0.4, -0.2) is 5.11 Å². The Hall–Kier alpha value is -0.230. The third-order valence-electron chi connectivity index (χ3n) is 1.50. The first kappa shape index (κ1) is 9.85. The molecule has 0 aliphatic heterocycles. The second kappa shape index (κ2) is 3.66. The second-order valence-corrected chi connectivity index (χ2v) is 3.60. The van der Waals surface area contributed by atoms with Gasteiger partial charge in [0.1, 0.15) is 11.6 Å². The van der Waals surface area contributed by atoms with E-state index in [1.807, 2.05) is 0 Å². The smallest absolute Gasteiger partial charge is 0.145 e. The zero-order valence-electron chi connectivity index (χ0n) is 6.31. The molecule has 1 aromatic carbocycles. The summed E-state index contributed by atoms with van der Waals surface area (Å²) in [6.07, 6.45) is -1.11. The normalized spacial score (nSPS) is 13.1. The summed E-state index contributed by atoms with van der Waals surface area (Å²) in [5.41, 5.74) is -0.262. The topological polar surface area (TPSA) is 20.2 Å². The maximum absolute atomic E-state index is 13.1. The minimum Gasteiger partial charge on any atom is -0.388 e. The van der Waals surface area contributed by atoms with Gasteiger partial charge in [0.05, 0.1) is 11.7 Å². The van der Waals surface area contributed by atoms with Crippen molar-refractivity contribution in [3.63, 3.8) is 0 Å². The molecular weight excluding hydrogens is 277 g/mol. The number of benzene rings is 1.